The first kappa shape index (κ1) is 23.8. The second kappa shape index (κ2) is 13.8. The third-order valence-corrected chi connectivity index (χ3v) is 3.60. The molecule has 0 aliphatic rings. The summed E-state index contributed by atoms with van der Waals surface area (Å²) in [6.07, 6.45) is 0.940. The first-order valence-electron chi connectivity index (χ1n) is 10.2. The SMILES string of the molecule is CCNC(=NCc1ccc(NC(=O)NC(C)C)cc1)NCCCOCC(C)C. The maximum Gasteiger partial charge on any atom is 0.319 e. The lowest BCUT2D eigenvalue weighted by Crippen LogP contribution is -2.38. The van der Waals surface area contributed by atoms with Crippen molar-refractivity contribution in [1.82, 2.24) is 16.0 Å². The minimum absolute atomic E-state index is 0.104. The average Bonchev–Trinajstić information content (AvgIpc) is 2.62. The van der Waals surface area contributed by atoms with Gasteiger partial charge in [0.05, 0.1) is 6.54 Å². The number of guanidine groups is 1. The van der Waals surface area contributed by atoms with Crippen LogP contribution in [-0.2, 0) is 11.3 Å². The topological polar surface area (TPSA) is 86.8 Å². The monoisotopic (exact) mass is 391 g/mol. The van der Waals surface area contributed by atoms with Gasteiger partial charge in [0.2, 0.25) is 0 Å². The van der Waals surface area contributed by atoms with Crippen molar-refractivity contribution in [3.05, 3.63) is 29.8 Å². The third kappa shape index (κ3) is 11.4. The molecular weight excluding hydrogens is 354 g/mol. The molecule has 0 atom stereocenters. The third-order valence-electron chi connectivity index (χ3n) is 3.60. The zero-order chi connectivity index (χ0) is 20.8. The lowest BCUT2D eigenvalue weighted by Gasteiger charge is -2.12. The molecule has 4 N–H and O–H groups in total. The van der Waals surface area contributed by atoms with Crippen LogP contribution in [0, 0.1) is 5.92 Å². The lowest BCUT2D eigenvalue weighted by atomic mass is 10.2. The first-order chi connectivity index (χ1) is 13.4. The minimum atomic E-state index is -0.197. The molecular formula is C21H37N5O2. The van der Waals surface area contributed by atoms with Crippen LogP contribution in [0.2, 0.25) is 0 Å². The second-order valence-electron chi connectivity index (χ2n) is 7.39. The van der Waals surface area contributed by atoms with Gasteiger partial charge < -0.3 is 26.0 Å². The highest BCUT2D eigenvalue weighted by atomic mass is 16.5. The van der Waals surface area contributed by atoms with Gasteiger partial charge in [-0.15, -0.1) is 0 Å². The Morgan fingerprint density at radius 3 is 2.43 bits per heavy atom. The molecule has 158 valence electrons. The molecule has 0 spiro atoms. The smallest absolute Gasteiger partial charge is 0.319 e. The van der Waals surface area contributed by atoms with Gasteiger partial charge in [0.25, 0.3) is 0 Å². The van der Waals surface area contributed by atoms with Crippen molar-refractivity contribution in [2.24, 2.45) is 10.9 Å². The summed E-state index contributed by atoms with van der Waals surface area (Å²) in [5, 5.41) is 12.2. The van der Waals surface area contributed by atoms with Gasteiger partial charge in [-0.2, -0.15) is 0 Å². The van der Waals surface area contributed by atoms with Gasteiger partial charge >= 0.3 is 6.03 Å². The van der Waals surface area contributed by atoms with Gasteiger partial charge in [-0.1, -0.05) is 26.0 Å². The zero-order valence-electron chi connectivity index (χ0n) is 18.0. The quantitative estimate of drug-likeness (QED) is 0.265. The number of nitrogens with zero attached hydrogens (tertiary/aromatic N) is 1. The Kier molecular flexibility index (Phi) is 11.7. The molecule has 0 radical (unpaired) electrons. The summed E-state index contributed by atoms with van der Waals surface area (Å²) >= 11 is 0. The van der Waals surface area contributed by atoms with E-state index in [9.17, 15) is 4.79 Å². The molecule has 0 saturated heterocycles. The summed E-state index contributed by atoms with van der Waals surface area (Å²) in [5.41, 5.74) is 1.84. The van der Waals surface area contributed by atoms with Crippen LogP contribution in [-0.4, -0.2) is 44.3 Å². The maximum absolute atomic E-state index is 11.7. The van der Waals surface area contributed by atoms with Crippen LogP contribution in [0.25, 0.3) is 0 Å². The molecule has 1 aromatic carbocycles. The molecule has 2 amide bonds. The number of carbonyl (C=O) groups is 1. The number of anilines is 1. The summed E-state index contributed by atoms with van der Waals surface area (Å²) in [5.74, 6) is 1.36. The zero-order valence-corrected chi connectivity index (χ0v) is 18.0. The molecule has 28 heavy (non-hydrogen) atoms. The molecule has 0 aromatic heterocycles. The van der Waals surface area contributed by atoms with Gasteiger partial charge in [-0.3, -0.25) is 0 Å². The number of hydrogen-bond donors (Lipinski definition) is 4. The van der Waals surface area contributed by atoms with E-state index in [2.05, 4.69) is 40.1 Å². The Labute approximate surface area is 169 Å². The van der Waals surface area contributed by atoms with Crippen molar-refractivity contribution in [2.45, 2.75) is 53.6 Å². The van der Waals surface area contributed by atoms with E-state index in [4.69, 9.17) is 4.74 Å². The highest BCUT2D eigenvalue weighted by Crippen LogP contribution is 2.10. The molecule has 0 aliphatic carbocycles. The number of aliphatic imine (C=N–C) groups is 1. The summed E-state index contributed by atoms with van der Waals surface area (Å²) in [6, 6.07) is 7.62. The largest absolute Gasteiger partial charge is 0.381 e. The van der Waals surface area contributed by atoms with Crippen molar-refractivity contribution in [2.75, 3.05) is 31.6 Å². The standard InChI is InChI=1S/C21H37N5O2/c1-6-22-20(23-12-7-13-28-15-16(2)3)24-14-18-8-10-19(11-9-18)26-21(27)25-17(4)5/h8-11,16-17H,6-7,12-15H2,1-5H3,(H2,22,23,24)(H2,25,26,27). The van der Waals surface area contributed by atoms with Crippen LogP contribution in [0.4, 0.5) is 10.5 Å². The summed E-state index contributed by atoms with van der Waals surface area (Å²) in [4.78, 5) is 16.3. The van der Waals surface area contributed by atoms with Crippen LogP contribution in [0.15, 0.2) is 29.3 Å². The van der Waals surface area contributed by atoms with Gasteiger partial charge in [0.1, 0.15) is 0 Å². The number of urea groups is 1. The lowest BCUT2D eigenvalue weighted by molar-refractivity contribution is 0.108. The first-order valence-corrected chi connectivity index (χ1v) is 10.2. The van der Waals surface area contributed by atoms with Gasteiger partial charge in [-0.05, 0) is 50.8 Å². The average molecular weight is 392 g/mol. The number of nitrogens with one attached hydrogen (secondary N) is 4. The molecule has 0 aliphatic heterocycles. The van der Waals surface area contributed by atoms with E-state index in [1.165, 1.54) is 0 Å². The molecule has 0 saturated carbocycles. The maximum atomic E-state index is 11.7. The number of rotatable bonds is 11. The fourth-order valence-electron chi connectivity index (χ4n) is 2.34. The number of ether oxygens (including phenoxy) is 1. The van der Waals surface area contributed by atoms with E-state index in [0.717, 1.165) is 49.9 Å². The summed E-state index contributed by atoms with van der Waals surface area (Å²) < 4.78 is 5.59. The van der Waals surface area contributed by atoms with Crippen LogP contribution in [0.1, 0.15) is 46.6 Å². The number of hydrogen-bond acceptors (Lipinski definition) is 3. The Balaban J connectivity index is 2.43. The van der Waals surface area contributed by atoms with Crippen molar-refractivity contribution in [3.8, 4) is 0 Å². The highest BCUT2D eigenvalue weighted by Gasteiger charge is 2.03. The molecule has 0 unspecified atom stereocenters. The molecule has 0 fully saturated rings. The van der Waals surface area contributed by atoms with E-state index in [1.54, 1.807) is 0 Å². The van der Waals surface area contributed by atoms with Gasteiger partial charge in [0, 0.05) is 38.0 Å². The molecule has 0 heterocycles. The fourth-order valence-corrected chi connectivity index (χ4v) is 2.34. The second-order valence-corrected chi connectivity index (χ2v) is 7.39. The summed E-state index contributed by atoms with van der Waals surface area (Å²) in [7, 11) is 0. The van der Waals surface area contributed by atoms with Crippen LogP contribution in [0.5, 0.6) is 0 Å². The van der Waals surface area contributed by atoms with Crippen LogP contribution < -0.4 is 21.3 Å². The predicted octanol–water partition coefficient (Wildman–Crippen LogP) is 3.33. The Hall–Kier alpha value is -2.28. The molecule has 0 bridgehead atoms. The fraction of sp³-hybridized carbons (Fsp3) is 0.619. The number of benzene rings is 1. The number of carbonyl (C=O) groups excluding carboxylic acids is 1. The Bertz CT molecular complexity index is 585. The van der Waals surface area contributed by atoms with E-state index < -0.39 is 0 Å². The predicted molar refractivity (Wildman–Crippen MR) is 117 cm³/mol. The van der Waals surface area contributed by atoms with Crippen molar-refractivity contribution >= 4 is 17.7 Å². The van der Waals surface area contributed by atoms with Crippen LogP contribution in [0.3, 0.4) is 0 Å². The van der Waals surface area contributed by atoms with Crippen LogP contribution >= 0.6 is 0 Å². The minimum Gasteiger partial charge on any atom is -0.381 e. The van der Waals surface area contributed by atoms with E-state index in [1.807, 2.05) is 45.0 Å². The summed E-state index contributed by atoms with van der Waals surface area (Å²) in [6.45, 7) is 13.9. The van der Waals surface area contributed by atoms with E-state index >= 15 is 0 Å². The van der Waals surface area contributed by atoms with E-state index in [0.29, 0.717) is 12.5 Å². The van der Waals surface area contributed by atoms with Crippen molar-refractivity contribution in [3.63, 3.8) is 0 Å². The highest BCUT2D eigenvalue weighted by molar-refractivity contribution is 5.89. The Morgan fingerprint density at radius 2 is 1.82 bits per heavy atom. The van der Waals surface area contributed by atoms with Crippen molar-refractivity contribution in [1.29, 1.82) is 0 Å². The van der Waals surface area contributed by atoms with E-state index in [-0.39, 0.29) is 12.1 Å². The Morgan fingerprint density at radius 1 is 1.11 bits per heavy atom. The normalized spacial score (nSPS) is 11.6. The molecule has 7 nitrogen and oxygen atoms in total. The van der Waals surface area contributed by atoms with Gasteiger partial charge in [-0.25, -0.2) is 9.79 Å². The molecule has 1 rings (SSSR count). The molecule has 1 aromatic rings. The number of amides is 2. The molecule has 7 heteroatoms. The van der Waals surface area contributed by atoms with Gasteiger partial charge in [0.15, 0.2) is 5.96 Å². The van der Waals surface area contributed by atoms with Crippen molar-refractivity contribution < 1.29 is 9.53 Å².